The van der Waals surface area contributed by atoms with E-state index in [0.717, 1.165) is 27.0 Å². The molecular formula is C12H11N3S2. The van der Waals surface area contributed by atoms with Crippen molar-refractivity contribution in [2.24, 2.45) is 0 Å². The molecule has 0 fully saturated rings. The van der Waals surface area contributed by atoms with Gasteiger partial charge in [-0.3, -0.25) is 0 Å². The first-order chi connectivity index (χ1) is 8.22. The lowest BCUT2D eigenvalue weighted by molar-refractivity contribution is 0.971. The van der Waals surface area contributed by atoms with E-state index in [1.807, 2.05) is 32.0 Å². The zero-order chi connectivity index (χ0) is 12.3. The first kappa shape index (κ1) is 12.1. The topological polar surface area (TPSA) is 49.6 Å². The van der Waals surface area contributed by atoms with Gasteiger partial charge in [-0.05, 0) is 36.2 Å². The first-order valence-corrected chi connectivity index (χ1v) is 6.83. The summed E-state index contributed by atoms with van der Waals surface area (Å²) >= 11 is 2.89. The zero-order valence-corrected chi connectivity index (χ0v) is 11.2. The fourth-order valence-corrected chi connectivity index (χ4v) is 3.06. The SMILES string of the molecule is CCc1nsc(Sc2ccc(C)cc2C#N)n1. The summed E-state index contributed by atoms with van der Waals surface area (Å²) in [6, 6.07) is 8.07. The van der Waals surface area contributed by atoms with Crippen LogP contribution in [-0.4, -0.2) is 9.36 Å². The summed E-state index contributed by atoms with van der Waals surface area (Å²) in [5, 5.41) is 9.08. The second-order valence-corrected chi connectivity index (χ2v) is 5.58. The molecule has 0 N–H and O–H groups in total. The van der Waals surface area contributed by atoms with Gasteiger partial charge in [0, 0.05) is 11.3 Å². The second-order valence-electron chi connectivity index (χ2n) is 3.54. The molecular weight excluding hydrogens is 250 g/mol. The van der Waals surface area contributed by atoms with Gasteiger partial charge >= 0.3 is 0 Å². The molecule has 1 aromatic carbocycles. The summed E-state index contributed by atoms with van der Waals surface area (Å²) < 4.78 is 5.12. The predicted octanol–water partition coefficient (Wildman–Crippen LogP) is 3.43. The van der Waals surface area contributed by atoms with Crippen molar-refractivity contribution in [1.82, 2.24) is 9.36 Å². The maximum atomic E-state index is 9.08. The Labute approximate surface area is 109 Å². The van der Waals surface area contributed by atoms with Gasteiger partial charge in [-0.15, -0.1) is 0 Å². The molecule has 2 aromatic rings. The van der Waals surface area contributed by atoms with Crippen molar-refractivity contribution in [2.75, 3.05) is 0 Å². The van der Waals surface area contributed by atoms with Gasteiger partial charge in [0.05, 0.1) is 5.56 Å². The molecule has 2 rings (SSSR count). The first-order valence-electron chi connectivity index (χ1n) is 5.24. The van der Waals surface area contributed by atoms with Gasteiger partial charge in [0.25, 0.3) is 0 Å². The molecule has 5 heteroatoms. The highest BCUT2D eigenvalue weighted by Gasteiger charge is 2.08. The third-order valence-corrected chi connectivity index (χ3v) is 4.08. The molecule has 3 nitrogen and oxygen atoms in total. The molecule has 0 amide bonds. The maximum absolute atomic E-state index is 9.08. The number of nitriles is 1. The third kappa shape index (κ3) is 2.84. The highest BCUT2D eigenvalue weighted by atomic mass is 32.2. The average molecular weight is 261 g/mol. The minimum absolute atomic E-state index is 0.697. The lowest BCUT2D eigenvalue weighted by Gasteiger charge is -2.01. The summed E-state index contributed by atoms with van der Waals surface area (Å²) in [6.45, 7) is 4.01. The molecule has 0 bridgehead atoms. The van der Waals surface area contributed by atoms with Gasteiger partial charge in [-0.25, -0.2) is 4.98 Å². The third-order valence-electron chi connectivity index (χ3n) is 2.22. The Balaban J connectivity index is 2.27. The molecule has 0 radical (unpaired) electrons. The standard InChI is InChI=1S/C12H11N3S2/c1-3-11-14-12(17-15-11)16-10-5-4-8(2)6-9(10)7-13/h4-6H,3H2,1-2H3. The van der Waals surface area contributed by atoms with Gasteiger partial charge in [0.2, 0.25) is 0 Å². The molecule has 0 aliphatic heterocycles. The van der Waals surface area contributed by atoms with E-state index in [0.29, 0.717) is 5.56 Å². The van der Waals surface area contributed by atoms with Crippen LogP contribution in [0, 0.1) is 18.3 Å². The number of rotatable bonds is 3. The number of nitrogens with zero attached hydrogens (tertiary/aromatic N) is 3. The Morgan fingerprint density at radius 2 is 2.29 bits per heavy atom. The Morgan fingerprint density at radius 1 is 1.47 bits per heavy atom. The Morgan fingerprint density at radius 3 is 2.94 bits per heavy atom. The van der Waals surface area contributed by atoms with Crippen molar-refractivity contribution >= 4 is 23.3 Å². The number of hydrogen-bond acceptors (Lipinski definition) is 5. The molecule has 0 spiro atoms. The molecule has 0 saturated carbocycles. The summed E-state index contributed by atoms with van der Waals surface area (Å²) in [7, 11) is 0. The lowest BCUT2D eigenvalue weighted by Crippen LogP contribution is -1.84. The van der Waals surface area contributed by atoms with E-state index >= 15 is 0 Å². The quantitative estimate of drug-likeness (QED) is 0.849. The van der Waals surface area contributed by atoms with Crippen molar-refractivity contribution < 1.29 is 0 Å². The minimum Gasteiger partial charge on any atom is -0.213 e. The monoisotopic (exact) mass is 261 g/mol. The number of aromatic nitrogens is 2. The summed E-state index contributed by atoms with van der Waals surface area (Å²) in [5.74, 6) is 0.864. The molecule has 0 aliphatic rings. The van der Waals surface area contributed by atoms with E-state index in [1.54, 1.807) is 0 Å². The molecule has 0 saturated heterocycles. The van der Waals surface area contributed by atoms with Gasteiger partial charge in [-0.1, -0.05) is 24.8 Å². The Bertz CT molecular complexity index is 569. The van der Waals surface area contributed by atoms with Crippen LogP contribution in [0.15, 0.2) is 27.4 Å². The van der Waals surface area contributed by atoms with E-state index in [2.05, 4.69) is 15.4 Å². The lowest BCUT2D eigenvalue weighted by atomic mass is 10.2. The van der Waals surface area contributed by atoms with Crippen molar-refractivity contribution in [2.45, 2.75) is 29.5 Å². The molecule has 0 aliphatic carbocycles. The Hall–Kier alpha value is -1.38. The smallest absolute Gasteiger partial charge is 0.174 e. The number of benzene rings is 1. The van der Waals surface area contributed by atoms with Crippen LogP contribution in [0.3, 0.4) is 0 Å². The molecule has 1 heterocycles. The minimum atomic E-state index is 0.697. The number of hydrogen-bond donors (Lipinski definition) is 0. The van der Waals surface area contributed by atoms with Crippen molar-refractivity contribution in [3.8, 4) is 6.07 Å². The van der Waals surface area contributed by atoms with E-state index in [-0.39, 0.29) is 0 Å². The maximum Gasteiger partial charge on any atom is 0.174 e. The average Bonchev–Trinajstić information content (AvgIpc) is 2.79. The van der Waals surface area contributed by atoms with Crippen molar-refractivity contribution in [1.29, 1.82) is 5.26 Å². The molecule has 17 heavy (non-hydrogen) atoms. The summed E-state index contributed by atoms with van der Waals surface area (Å²) in [5.41, 5.74) is 1.79. The van der Waals surface area contributed by atoms with Crippen molar-refractivity contribution in [3.63, 3.8) is 0 Å². The van der Waals surface area contributed by atoms with Crippen LogP contribution in [0.2, 0.25) is 0 Å². The normalized spacial score (nSPS) is 10.2. The van der Waals surface area contributed by atoms with Crippen LogP contribution in [-0.2, 0) is 6.42 Å². The van der Waals surface area contributed by atoms with Gasteiger partial charge < -0.3 is 0 Å². The van der Waals surface area contributed by atoms with Crippen LogP contribution in [0.4, 0.5) is 0 Å². The van der Waals surface area contributed by atoms with Gasteiger partial charge in [0.15, 0.2) is 4.34 Å². The van der Waals surface area contributed by atoms with Crippen molar-refractivity contribution in [3.05, 3.63) is 35.2 Å². The molecule has 0 atom stereocenters. The largest absolute Gasteiger partial charge is 0.213 e. The van der Waals surface area contributed by atoms with Crippen LogP contribution in [0.25, 0.3) is 0 Å². The molecule has 1 aromatic heterocycles. The number of aryl methyl sites for hydroxylation is 2. The van der Waals surface area contributed by atoms with Crippen LogP contribution >= 0.6 is 23.3 Å². The summed E-state index contributed by atoms with van der Waals surface area (Å²) in [4.78, 5) is 5.32. The van der Waals surface area contributed by atoms with Crippen LogP contribution < -0.4 is 0 Å². The zero-order valence-electron chi connectivity index (χ0n) is 9.60. The Kier molecular flexibility index (Phi) is 3.77. The fourth-order valence-electron chi connectivity index (χ4n) is 1.34. The van der Waals surface area contributed by atoms with Gasteiger partial charge in [0.1, 0.15) is 11.9 Å². The second kappa shape index (κ2) is 5.30. The van der Waals surface area contributed by atoms with E-state index in [9.17, 15) is 0 Å². The highest BCUT2D eigenvalue weighted by Crippen LogP contribution is 2.31. The highest BCUT2D eigenvalue weighted by molar-refractivity contribution is 8.01. The van der Waals surface area contributed by atoms with Gasteiger partial charge in [-0.2, -0.15) is 9.64 Å². The predicted molar refractivity (Wildman–Crippen MR) is 69.3 cm³/mol. The summed E-state index contributed by atoms with van der Waals surface area (Å²) in [6.07, 6.45) is 0.843. The van der Waals surface area contributed by atoms with E-state index < -0.39 is 0 Å². The van der Waals surface area contributed by atoms with E-state index in [1.165, 1.54) is 23.3 Å². The van der Waals surface area contributed by atoms with E-state index in [4.69, 9.17) is 5.26 Å². The van der Waals surface area contributed by atoms with Crippen LogP contribution in [0.5, 0.6) is 0 Å². The molecule has 0 unspecified atom stereocenters. The fraction of sp³-hybridized carbons (Fsp3) is 0.250. The molecule has 86 valence electrons. The van der Waals surface area contributed by atoms with Crippen LogP contribution in [0.1, 0.15) is 23.9 Å².